The van der Waals surface area contributed by atoms with Crippen LogP contribution in [0.5, 0.6) is 0 Å². The van der Waals surface area contributed by atoms with E-state index < -0.39 is 0 Å². The van der Waals surface area contributed by atoms with Crippen molar-refractivity contribution in [2.45, 2.75) is 53.4 Å². The number of aromatic nitrogens is 2. The number of ketones is 1. The molecule has 2 unspecified atom stereocenters. The first kappa shape index (κ1) is 25.5. The summed E-state index contributed by atoms with van der Waals surface area (Å²) in [6, 6.07) is 14.1. The number of anilines is 2. The molecule has 2 atom stereocenters. The first-order valence-electron chi connectivity index (χ1n) is 12.8. The van der Waals surface area contributed by atoms with E-state index in [1.165, 1.54) is 0 Å². The van der Waals surface area contributed by atoms with E-state index in [-0.39, 0.29) is 17.6 Å². The number of pyridine rings is 2. The predicted octanol–water partition coefficient (Wildman–Crippen LogP) is 5.77. The zero-order chi connectivity index (χ0) is 25.7. The highest BCUT2D eigenvalue weighted by Crippen LogP contribution is 2.28. The van der Waals surface area contributed by atoms with Gasteiger partial charge in [0.05, 0.1) is 18.3 Å². The fraction of sp³-hybridized carbons (Fsp3) is 0.400. The molecule has 1 aliphatic heterocycles. The number of nitrogens with one attached hydrogen (secondary N) is 1. The van der Waals surface area contributed by atoms with E-state index >= 15 is 0 Å². The van der Waals surface area contributed by atoms with Gasteiger partial charge in [0.1, 0.15) is 11.6 Å². The minimum absolute atomic E-state index is 0.0852. The summed E-state index contributed by atoms with van der Waals surface area (Å²) in [5.41, 5.74) is 6.42. The average Bonchev–Trinajstić information content (AvgIpc) is 3.10. The molecule has 6 nitrogen and oxygen atoms in total. The average molecular weight is 485 g/mol. The van der Waals surface area contributed by atoms with Crippen molar-refractivity contribution < 1.29 is 9.59 Å². The molecule has 36 heavy (non-hydrogen) atoms. The van der Waals surface area contributed by atoms with Crippen molar-refractivity contribution in [3.05, 3.63) is 71.7 Å². The van der Waals surface area contributed by atoms with Gasteiger partial charge in [-0.05, 0) is 92.5 Å². The number of amides is 1. The molecule has 0 aliphatic carbocycles. The molecule has 3 heterocycles. The fourth-order valence-electron chi connectivity index (χ4n) is 5.10. The molecule has 188 valence electrons. The Bertz CT molecular complexity index is 1220. The second kappa shape index (κ2) is 11.5. The number of carbonyl (C=O) groups excluding carboxylic acids is 2. The lowest BCUT2D eigenvalue weighted by molar-refractivity contribution is -0.122. The molecule has 0 saturated carbocycles. The largest absolute Gasteiger partial charge is 0.370 e. The summed E-state index contributed by atoms with van der Waals surface area (Å²) in [4.78, 5) is 35.6. The van der Waals surface area contributed by atoms with E-state index in [4.69, 9.17) is 0 Å². The van der Waals surface area contributed by atoms with Gasteiger partial charge >= 0.3 is 0 Å². The van der Waals surface area contributed by atoms with Gasteiger partial charge in [0.15, 0.2) is 0 Å². The standard InChI is InChI=1S/C30H36N4O2/c1-20-16-24(7-9-28(20)26-11-13-31-21(2)17-26)18-30(36)33-29-10-8-27(19-32-29)34-14-5-6-25(12-15-34)22(3)23(4)35/h7-11,13,16-17,19,22,25H,5-6,12,14-15,18H2,1-4H3,(H,32,33,36). The van der Waals surface area contributed by atoms with E-state index in [0.29, 0.717) is 18.2 Å². The molecule has 1 aliphatic rings. The van der Waals surface area contributed by atoms with Crippen molar-refractivity contribution in [2.75, 3.05) is 23.3 Å². The Balaban J connectivity index is 1.33. The topological polar surface area (TPSA) is 75.2 Å². The Hall–Kier alpha value is -3.54. The summed E-state index contributed by atoms with van der Waals surface area (Å²) in [7, 11) is 0. The highest BCUT2D eigenvalue weighted by Gasteiger charge is 2.24. The van der Waals surface area contributed by atoms with E-state index in [2.05, 4.69) is 52.2 Å². The smallest absolute Gasteiger partial charge is 0.229 e. The number of aryl methyl sites for hydroxylation is 2. The minimum atomic E-state index is -0.0852. The summed E-state index contributed by atoms with van der Waals surface area (Å²) < 4.78 is 0. The second-order valence-electron chi connectivity index (χ2n) is 10.0. The maximum atomic E-state index is 12.7. The molecule has 1 saturated heterocycles. The minimum Gasteiger partial charge on any atom is -0.370 e. The van der Waals surface area contributed by atoms with Gasteiger partial charge in [-0.3, -0.25) is 14.6 Å². The van der Waals surface area contributed by atoms with Gasteiger partial charge < -0.3 is 10.2 Å². The third-order valence-corrected chi connectivity index (χ3v) is 7.36. The second-order valence-corrected chi connectivity index (χ2v) is 10.0. The van der Waals surface area contributed by atoms with Crippen LogP contribution in [0.1, 0.15) is 49.9 Å². The van der Waals surface area contributed by atoms with E-state index in [0.717, 1.165) is 66.0 Å². The van der Waals surface area contributed by atoms with E-state index in [1.807, 2.05) is 43.6 Å². The first-order valence-corrected chi connectivity index (χ1v) is 12.8. The maximum absolute atomic E-state index is 12.7. The summed E-state index contributed by atoms with van der Waals surface area (Å²) in [5.74, 6) is 1.33. The van der Waals surface area contributed by atoms with Crippen molar-refractivity contribution in [3.63, 3.8) is 0 Å². The van der Waals surface area contributed by atoms with Crippen molar-refractivity contribution in [1.29, 1.82) is 0 Å². The summed E-state index contributed by atoms with van der Waals surface area (Å²) in [6.07, 6.45) is 7.11. The van der Waals surface area contributed by atoms with Crippen LogP contribution in [0, 0.1) is 25.7 Å². The SMILES string of the molecule is CC(=O)C(C)C1CCCN(c2ccc(NC(=O)Cc3ccc(-c4ccnc(C)c4)c(C)c3)nc2)CC1. The number of nitrogens with zero attached hydrogens (tertiary/aromatic N) is 3. The van der Waals surface area contributed by atoms with Crippen LogP contribution in [0.2, 0.25) is 0 Å². The molecule has 2 aromatic heterocycles. The summed E-state index contributed by atoms with van der Waals surface area (Å²) in [5, 5.41) is 2.93. The number of carbonyl (C=O) groups is 2. The number of hydrogen-bond acceptors (Lipinski definition) is 5. The lowest BCUT2D eigenvalue weighted by Crippen LogP contribution is -2.25. The van der Waals surface area contributed by atoms with E-state index in [9.17, 15) is 9.59 Å². The van der Waals surface area contributed by atoms with Gasteiger partial charge in [-0.15, -0.1) is 0 Å². The monoisotopic (exact) mass is 484 g/mol. The normalized spacial score (nSPS) is 16.8. The third-order valence-electron chi connectivity index (χ3n) is 7.36. The van der Waals surface area contributed by atoms with Crippen LogP contribution in [0.15, 0.2) is 54.9 Å². The Morgan fingerprint density at radius 2 is 1.89 bits per heavy atom. The zero-order valence-corrected chi connectivity index (χ0v) is 21.8. The molecule has 3 aromatic rings. The van der Waals surface area contributed by atoms with Crippen molar-refractivity contribution in [1.82, 2.24) is 9.97 Å². The highest BCUT2D eigenvalue weighted by atomic mass is 16.1. The molecule has 0 bridgehead atoms. The highest BCUT2D eigenvalue weighted by molar-refractivity contribution is 5.91. The van der Waals surface area contributed by atoms with Crippen LogP contribution in [0.25, 0.3) is 11.1 Å². The molecular weight excluding hydrogens is 448 g/mol. The van der Waals surface area contributed by atoms with Crippen molar-refractivity contribution >= 4 is 23.2 Å². The lowest BCUT2D eigenvalue weighted by Gasteiger charge is -2.23. The first-order chi connectivity index (χ1) is 17.3. The Labute approximate surface area is 214 Å². The van der Waals surface area contributed by atoms with Crippen LogP contribution >= 0.6 is 0 Å². The number of rotatable bonds is 7. The Kier molecular flexibility index (Phi) is 8.14. The number of Topliss-reactive ketones (excluding diaryl/α,β-unsaturated/α-hetero) is 1. The van der Waals surface area contributed by atoms with Gasteiger partial charge in [0.2, 0.25) is 5.91 Å². The van der Waals surface area contributed by atoms with Gasteiger partial charge in [-0.2, -0.15) is 0 Å². The van der Waals surface area contributed by atoms with Crippen LogP contribution in [0.4, 0.5) is 11.5 Å². The van der Waals surface area contributed by atoms with Crippen LogP contribution < -0.4 is 10.2 Å². The van der Waals surface area contributed by atoms with E-state index in [1.54, 1.807) is 6.92 Å². The van der Waals surface area contributed by atoms with Crippen molar-refractivity contribution in [2.24, 2.45) is 11.8 Å². The maximum Gasteiger partial charge on any atom is 0.229 e. The summed E-state index contributed by atoms with van der Waals surface area (Å²) >= 11 is 0. The molecule has 0 spiro atoms. The Morgan fingerprint density at radius 1 is 1.06 bits per heavy atom. The van der Waals surface area contributed by atoms with Gasteiger partial charge in [0, 0.05) is 30.9 Å². The molecule has 0 radical (unpaired) electrons. The van der Waals surface area contributed by atoms with Crippen LogP contribution in [-0.4, -0.2) is 34.7 Å². The zero-order valence-electron chi connectivity index (χ0n) is 21.8. The lowest BCUT2D eigenvalue weighted by atomic mass is 9.85. The van der Waals surface area contributed by atoms with Gasteiger partial charge in [-0.1, -0.05) is 25.1 Å². The molecule has 1 fully saturated rings. The molecule has 1 amide bonds. The van der Waals surface area contributed by atoms with Gasteiger partial charge in [-0.25, -0.2) is 4.98 Å². The predicted molar refractivity (Wildman–Crippen MR) is 145 cm³/mol. The van der Waals surface area contributed by atoms with Crippen LogP contribution in [-0.2, 0) is 16.0 Å². The number of hydrogen-bond donors (Lipinski definition) is 1. The molecule has 1 aromatic carbocycles. The third kappa shape index (κ3) is 6.36. The van der Waals surface area contributed by atoms with Crippen molar-refractivity contribution in [3.8, 4) is 11.1 Å². The Morgan fingerprint density at radius 3 is 2.58 bits per heavy atom. The molecule has 6 heteroatoms. The van der Waals surface area contributed by atoms with Gasteiger partial charge in [0.25, 0.3) is 0 Å². The quantitative estimate of drug-likeness (QED) is 0.461. The molecular formula is C30H36N4O2. The van der Waals surface area contributed by atoms with Crippen LogP contribution in [0.3, 0.4) is 0 Å². The summed E-state index contributed by atoms with van der Waals surface area (Å²) in [6.45, 7) is 9.69. The molecule has 1 N–H and O–H groups in total. The molecule has 4 rings (SSSR count). The number of benzene rings is 1. The fourth-order valence-corrected chi connectivity index (χ4v) is 5.10.